The van der Waals surface area contributed by atoms with Crippen LogP contribution in [-0.2, 0) is 4.79 Å². The van der Waals surface area contributed by atoms with E-state index in [0.717, 1.165) is 36.8 Å². The zero-order chi connectivity index (χ0) is 11.0. The Hall–Kier alpha value is -1.05. The Labute approximate surface area is 91.6 Å². The molecule has 82 valence electrons. The predicted molar refractivity (Wildman–Crippen MR) is 61.5 cm³/mol. The summed E-state index contributed by atoms with van der Waals surface area (Å²) in [6, 6.07) is 0.609. The molecule has 0 saturated carbocycles. The highest BCUT2D eigenvalue weighted by atomic mass is 16.2. The van der Waals surface area contributed by atoms with E-state index < -0.39 is 0 Å². The van der Waals surface area contributed by atoms with E-state index in [-0.39, 0.29) is 6.04 Å². The van der Waals surface area contributed by atoms with Crippen molar-refractivity contribution in [1.29, 1.82) is 0 Å². The summed E-state index contributed by atoms with van der Waals surface area (Å²) in [5.74, 6) is 0.312. The largest absolute Gasteiger partial charge is 0.332 e. The first-order chi connectivity index (χ1) is 7.15. The SMILES string of the molecule is C=C1CC(CC)N2C(=O)CCCC2C1=C. The first-order valence-electron chi connectivity index (χ1n) is 5.83. The third-order valence-electron chi connectivity index (χ3n) is 3.69. The molecule has 0 spiro atoms. The predicted octanol–water partition coefficient (Wildman–Crippen LogP) is 2.66. The van der Waals surface area contributed by atoms with Crippen LogP contribution in [0.25, 0.3) is 0 Å². The summed E-state index contributed by atoms with van der Waals surface area (Å²) in [6.45, 7) is 10.3. The fourth-order valence-electron chi connectivity index (χ4n) is 2.78. The Kier molecular flexibility index (Phi) is 2.68. The van der Waals surface area contributed by atoms with Crippen LogP contribution in [0.2, 0.25) is 0 Å². The summed E-state index contributed by atoms with van der Waals surface area (Å²) >= 11 is 0. The van der Waals surface area contributed by atoms with Crippen molar-refractivity contribution in [1.82, 2.24) is 4.90 Å². The molecule has 2 heterocycles. The van der Waals surface area contributed by atoms with Gasteiger partial charge in [-0.25, -0.2) is 0 Å². The van der Waals surface area contributed by atoms with Gasteiger partial charge in [-0.15, -0.1) is 0 Å². The van der Waals surface area contributed by atoms with E-state index in [1.807, 2.05) is 0 Å². The van der Waals surface area contributed by atoms with E-state index >= 15 is 0 Å². The molecule has 2 aliphatic heterocycles. The van der Waals surface area contributed by atoms with Crippen LogP contribution in [0, 0.1) is 0 Å². The minimum atomic E-state index is 0.248. The Morgan fingerprint density at radius 2 is 2.20 bits per heavy atom. The molecule has 2 saturated heterocycles. The lowest BCUT2D eigenvalue weighted by Gasteiger charge is -2.46. The van der Waals surface area contributed by atoms with Crippen LogP contribution in [0.5, 0.6) is 0 Å². The molecule has 2 aliphatic rings. The molecular weight excluding hydrogens is 186 g/mol. The van der Waals surface area contributed by atoms with Crippen molar-refractivity contribution >= 4 is 5.91 Å². The van der Waals surface area contributed by atoms with Gasteiger partial charge in [0.1, 0.15) is 0 Å². The zero-order valence-corrected chi connectivity index (χ0v) is 9.46. The Bertz CT molecular complexity index is 318. The average molecular weight is 205 g/mol. The topological polar surface area (TPSA) is 20.3 Å². The van der Waals surface area contributed by atoms with E-state index in [0.29, 0.717) is 18.4 Å². The second kappa shape index (κ2) is 3.84. The van der Waals surface area contributed by atoms with Crippen molar-refractivity contribution < 1.29 is 4.79 Å². The van der Waals surface area contributed by atoms with Crippen molar-refractivity contribution in [2.45, 2.75) is 51.1 Å². The van der Waals surface area contributed by atoms with Gasteiger partial charge in [-0.3, -0.25) is 4.79 Å². The number of hydrogen-bond donors (Lipinski definition) is 0. The van der Waals surface area contributed by atoms with Crippen LogP contribution in [0.3, 0.4) is 0 Å². The van der Waals surface area contributed by atoms with Gasteiger partial charge < -0.3 is 4.90 Å². The molecule has 2 fully saturated rings. The Morgan fingerprint density at radius 3 is 2.87 bits per heavy atom. The summed E-state index contributed by atoms with van der Waals surface area (Å²) < 4.78 is 0. The normalized spacial score (nSPS) is 31.8. The number of amides is 1. The smallest absolute Gasteiger partial charge is 0.223 e. The lowest BCUT2D eigenvalue weighted by molar-refractivity contribution is -0.139. The van der Waals surface area contributed by atoms with Gasteiger partial charge in [-0.1, -0.05) is 20.1 Å². The van der Waals surface area contributed by atoms with E-state index in [1.54, 1.807) is 0 Å². The van der Waals surface area contributed by atoms with Crippen LogP contribution in [0.4, 0.5) is 0 Å². The van der Waals surface area contributed by atoms with Crippen LogP contribution in [0.1, 0.15) is 39.0 Å². The second-order valence-corrected chi connectivity index (χ2v) is 4.60. The summed E-state index contributed by atoms with van der Waals surface area (Å²) in [5.41, 5.74) is 2.24. The molecule has 2 atom stereocenters. The van der Waals surface area contributed by atoms with Gasteiger partial charge in [-0.05, 0) is 36.8 Å². The minimum Gasteiger partial charge on any atom is -0.332 e. The molecule has 1 amide bonds. The summed E-state index contributed by atoms with van der Waals surface area (Å²) in [4.78, 5) is 14.0. The summed E-state index contributed by atoms with van der Waals surface area (Å²) in [5, 5.41) is 0. The van der Waals surface area contributed by atoms with Crippen molar-refractivity contribution in [3.63, 3.8) is 0 Å². The van der Waals surface area contributed by atoms with Gasteiger partial charge in [0.15, 0.2) is 0 Å². The molecule has 0 aromatic rings. The third-order valence-corrected chi connectivity index (χ3v) is 3.69. The van der Waals surface area contributed by atoms with Crippen molar-refractivity contribution in [2.75, 3.05) is 0 Å². The Balaban J connectivity index is 2.29. The molecule has 0 bridgehead atoms. The molecule has 0 aromatic heterocycles. The zero-order valence-electron chi connectivity index (χ0n) is 9.46. The number of carbonyl (C=O) groups is 1. The molecule has 2 nitrogen and oxygen atoms in total. The second-order valence-electron chi connectivity index (χ2n) is 4.60. The third kappa shape index (κ3) is 1.62. The van der Waals surface area contributed by atoms with E-state index in [9.17, 15) is 4.79 Å². The van der Waals surface area contributed by atoms with Gasteiger partial charge in [0.05, 0.1) is 6.04 Å². The van der Waals surface area contributed by atoms with Gasteiger partial charge in [0.25, 0.3) is 0 Å². The molecule has 0 aromatic carbocycles. The van der Waals surface area contributed by atoms with Gasteiger partial charge >= 0.3 is 0 Å². The lowest BCUT2D eigenvalue weighted by atomic mass is 9.82. The highest BCUT2D eigenvalue weighted by Gasteiger charge is 2.38. The molecule has 2 unspecified atom stereocenters. The quantitative estimate of drug-likeness (QED) is 0.644. The van der Waals surface area contributed by atoms with E-state index in [1.165, 1.54) is 0 Å². The molecule has 2 heteroatoms. The number of rotatable bonds is 1. The lowest BCUT2D eigenvalue weighted by Crippen LogP contribution is -2.53. The van der Waals surface area contributed by atoms with Crippen LogP contribution < -0.4 is 0 Å². The monoisotopic (exact) mass is 205 g/mol. The fraction of sp³-hybridized carbons (Fsp3) is 0.615. The van der Waals surface area contributed by atoms with Crippen LogP contribution >= 0.6 is 0 Å². The maximum absolute atomic E-state index is 11.9. The number of carbonyl (C=O) groups excluding carboxylic acids is 1. The summed E-state index contributed by atoms with van der Waals surface area (Å²) in [6.07, 6.45) is 4.72. The Morgan fingerprint density at radius 1 is 1.47 bits per heavy atom. The van der Waals surface area contributed by atoms with Crippen molar-refractivity contribution in [3.8, 4) is 0 Å². The molecule has 2 rings (SSSR count). The van der Waals surface area contributed by atoms with Crippen molar-refractivity contribution in [3.05, 3.63) is 24.3 Å². The van der Waals surface area contributed by atoms with Gasteiger partial charge in [-0.2, -0.15) is 0 Å². The molecule has 15 heavy (non-hydrogen) atoms. The molecular formula is C13H19NO. The fourth-order valence-corrected chi connectivity index (χ4v) is 2.78. The number of nitrogens with zero attached hydrogens (tertiary/aromatic N) is 1. The van der Waals surface area contributed by atoms with Gasteiger partial charge in [0, 0.05) is 12.5 Å². The molecule has 0 N–H and O–H groups in total. The highest BCUT2D eigenvalue weighted by molar-refractivity contribution is 5.79. The van der Waals surface area contributed by atoms with Gasteiger partial charge in [0.2, 0.25) is 5.91 Å². The molecule has 0 aliphatic carbocycles. The highest BCUT2D eigenvalue weighted by Crippen LogP contribution is 2.36. The van der Waals surface area contributed by atoms with E-state index in [2.05, 4.69) is 25.0 Å². The standard InChI is InChI=1S/C13H19NO/c1-4-11-8-9(2)10(3)12-6-5-7-13(15)14(11)12/h11-12H,2-8H2,1H3. The van der Waals surface area contributed by atoms with Crippen LogP contribution in [0.15, 0.2) is 24.3 Å². The number of hydrogen-bond acceptors (Lipinski definition) is 1. The summed E-state index contributed by atoms with van der Waals surface area (Å²) in [7, 11) is 0. The average Bonchev–Trinajstić information content (AvgIpc) is 2.23. The molecule has 0 radical (unpaired) electrons. The maximum atomic E-state index is 11.9. The van der Waals surface area contributed by atoms with Crippen molar-refractivity contribution in [2.24, 2.45) is 0 Å². The van der Waals surface area contributed by atoms with E-state index in [4.69, 9.17) is 0 Å². The number of piperidine rings is 2. The first-order valence-corrected chi connectivity index (χ1v) is 5.83. The van der Waals surface area contributed by atoms with Crippen LogP contribution in [-0.4, -0.2) is 22.9 Å². The maximum Gasteiger partial charge on any atom is 0.223 e. The number of fused-ring (bicyclic) bond motifs is 1. The first kappa shape index (κ1) is 10.5. The minimum absolute atomic E-state index is 0.248.